The van der Waals surface area contributed by atoms with Crippen molar-refractivity contribution in [1.82, 2.24) is 15.0 Å². The number of fused-ring (bicyclic) bond motifs is 1. The highest BCUT2D eigenvalue weighted by Crippen LogP contribution is 2.32. The second kappa shape index (κ2) is 9.52. The average Bonchev–Trinajstić information content (AvgIpc) is 2.75. The first-order valence-corrected chi connectivity index (χ1v) is 11.5. The molecule has 1 aliphatic heterocycles. The lowest BCUT2D eigenvalue weighted by Gasteiger charge is -2.23. The number of anilines is 1. The van der Waals surface area contributed by atoms with Crippen LogP contribution in [0.15, 0.2) is 41.4 Å². The molecular weight excluding hydrogens is 420 g/mol. The average molecular weight is 449 g/mol. The predicted octanol–water partition coefficient (Wildman–Crippen LogP) is 1.54. The number of hydrogen-bond acceptors (Lipinski definition) is 7. The summed E-state index contributed by atoms with van der Waals surface area (Å²) in [6.45, 7) is 4.57. The van der Waals surface area contributed by atoms with Crippen LogP contribution in [0.4, 0.5) is 5.82 Å². The summed E-state index contributed by atoms with van der Waals surface area (Å²) in [6.07, 6.45) is 1.68. The molecule has 0 spiro atoms. The SMILES string of the molecule is CC(C)C(NS(=O)(=O)c1ccc2c(c1)OCCO2)C(=O)NCc1cccnc1N(C)C. The maximum Gasteiger partial charge on any atom is 0.241 e. The molecule has 168 valence electrons. The van der Waals surface area contributed by atoms with Crippen LogP contribution in [0, 0.1) is 5.92 Å². The maximum absolute atomic E-state index is 13.0. The molecule has 1 aromatic carbocycles. The van der Waals surface area contributed by atoms with E-state index in [9.17, 15) is 13.2 Å². The van der Waals surface area contributed by atoms with Gasteiger partial charge in [0.15, 0.2) is 11.5 Å². The Balaban J connectivity index is 1.74. The minimum atomic E-state index is -3.95. The van der Waals surface area contributed by atoms with E-state index < -0.39 is 22.0 Å². The Morgan fingerprint density at radius 1 is 1.16 bits per heavy atom. The van der Waals surface area contributed by atoms with Crippen LogP contribution >= 0.6 is 0 Å². The zero-order valence-corrected chi connectivity index (χ0v) is 18.9. The zero-order chi connectivity index (χ0) is 22.6. The number of amides is 1. The molecule has 2 heterocycles. The molecule has 0 aliphatic carbocycles. The molecule has 0 fully saturated rings. The van der Waals surface area contributed by atoms with Gasteiger partial charge in [-0.05, 0) is 24.1 Å². The zero-order valence-electron chi connectivity index (χ0n) is 18.1. The van der Waals surface area contributed by atoms with Crippen molar-refractivity contribution in [2.45, 2.75) is 31.3 Å². The van der Waals surface area contributed by atoms with Crippen LogP contribution in [0.1, 0.15) is 19.4 Å². The molecule has 1 amide bonds. The lowest BCUT2D eigenvalue weighted by Crippen LogP contribution is -2.49. The molecule has 0 saturated heterocycles. The summed E-state index contributed by atoms with van der Waals surface area (Å²) in [7, 11) is -0.220. The van der Waals surface area contributed by atoms with Gasteiger partial charge in [0.2, 0.25) is 15.9 Å². The fourth-order valence-electron chi connectivity index (χ4n) is 3.18. The molecule has 0 bridgehead atoms. The van der Waals surface area contributed by atoms with Crippen molar-refractivity contribution in [2.75, 3.05) is 32.2 Å². The van der Waals surface area contributed by atoms with Gasteiger partial charge in [0, 0.05) is 38.5 Å². The Kier molecular flexibility index (Phi) is 7.01. The van der Waals surface area contributed by atoms with Gasteiger partial charge in [0.25, 0.3) is 0 Å². The molecule has 9 nitrogen and oxygen atoms in total. The standard InChI is InChI=1S/C21H28N4O5S/c1-14(2)19(21(26)23-13-15-6-5-9-22-20(15)25(3)4)24-31(27,28)16-7-8-17-18(12-16)30-11-10-29-17/h5-9,12,14,19,24H,10-11,13H2,1-4H3,(H,23,26). The van der Waals surface area contributed by atoms with Gasteiger partial charge in [-0.25, -0.2) is 13.4 Å². The topological polar surface area (TPSA) is 110 Å². The molecule has 0 saturated carbocycles. The second-order valence-corrected chi connectivity index (χ2v) is 9.46. The van der Waals surface area contributed by atoms with Crippen molar-refractivity contribution in [3.63, 3.8) is 0 Å². The number of carbonyl (C=O) groups is 1. The van der Waals surface area contributed by atoms with Crippen LogP contribution in [0.3, 0.4) is 0 Å². The first-order chi connectivity index (χ1) is 14.7. The van der Waals surface area contributed by atoms with Gasteiger partial charge in [0.05, 0.1) is 4.90 Å². The largest absolute Gasteiger partial charge is 0.486 e. The molecule has 0 radical (unpaired) electrons. The van der Waals surface area contributed by atoms with E-state index in [2.05, 4.69) is 15.0 Å². The lowest BCUT2D eigenvalue weighted by atomic mass is 10.0. The van der Waals surface area contributed by atoms with E-state index in [0.29, 0.717) is 24.7 Å². The van der Waals surface area contributed by atoms with E-state index in [1.54, 1.807) is 32.2 Å². The fourth-order valence-corrected chi connectivity index (χ4v) is 4.54. The van der Waals surface area contributed by atoms with Gasteiger partial charge >= 0.3 is 0 Å². The maximum atomic E-state index is 13.0. The number of carbonyl (C=O) groups excluding carboxylic acids is 1. The van der Waals surface area contributed by atoms with Crippen molar-refractivity contribution in [3.05, 3.63) is 42.1 Å². The molecular formula is C21H28N4O5S. The van der Waals surface area contributed by atoms with E-state index in [1.165, 1.54) is 12.1 Å². The Hall–Kier alpha value is -2.85. The predicted molar refractivity (Wildman–Crippen MR) is 117 cm³/mol. The highest BCUT2D eigenvalue weighted by atomic mass is 32.2. The second-order valence-electron chi connectivity index (χ2n) is 7.75. The van der Waals surface area contributed by atoms with Crippen LogP contribution < -0.4 is 24.4 Å². The van der Waals surface area contributed by atoms with Crippen LogP contribution in [-0.2, 0) is 21.4 Å². The highest BCUT2D eigenvalue weighted by molar-refractivity contribution is 7.89. The summed E-state index contributed by atoms with van der Waals surface area (Å²) < 4.78 is 39.3. The molecule has 3 rings (SSSR count). The third-order valence-electron chi connectivity index (χ3n) is 4.80. The van der Waals surface area contributed by atoms with E-state index in [-0.39, 0.29) is 17.4 Å². The number of aromatic nitrogens is 1. The molecule has 2 N–H and O–H groups in total. The third-order valence-corrected chi connectivity index (χ3v) is 6.24. The van der Waals surface area contributed by atoms with Crippen molar-refractivity contribution >= 4 is 21.7 Å². The van der Waals surface area contributed by atoms with Gasteiger partial charge in [0.1, 0.15) is 25.1 Å². The monoisotopic (exact) mass is 448 g/mol. The van der Waals surface area contributed by atoms with Crippen LogP contribution in [0.2, 0.25) is 0 Å². The third kappa shape index (κ3) is 5.45. The van der Waals surface area contributed by atoms with Crippen LogP contribution in [0.5, 0.6) is 11.5 Å². The van der Waals surface area contributed by atoms with Crippen LogP contribution in [-0.4, -0.2) is 52.7 Å². The van der Waals surface area contributed by atoms with Crippen molar-refractivity contribution < 1.29 is 22.7 Å². The number of sulfonamides is 1. The van der Waals surface area contributed by atoms with Gasteiger partial charge in [-0.1, -0.05) is 19.9 Å². The number of nitrogens with zero attached hydrogens (tertiary/aromatic N) is 2. The summed E-state index contributed by atoms with van der Waals surface area (Å²) >= 11 is 0. The van der Waals surface area contributed by atoms with Gasteiger partial charge in [-0.3, -0.25) is 4.79 Å². The first-order valence-electron chi connectivity index (χ1n) is 10.00. The summed E-state index contributed by atoms with van der Waals surface area (Å²) in [6, 6.07) is 7.11. The van der Waals surface area contributed by atoms with E-state index in [0.717, 1.165) is 11.4 Å². The molecule has 1 aromatic heterocycles. The van der Waals surface area contributed by atoms with Gasteiger partial charge in [-0.15, -0.1) is 0 Å². The summed E-state index contributed by atoms with van der Waals surface area (Å²) in [5.41, 5.74) is 0.832. The molecule has 1 aliphatic rings. The molecule has 1 atom stereocenters. The smallest absolute Gasteiger partial charge is 0.241 e. The Bertz CT molecular complexity index is 1040. The molecule has 10 heteroatoms. The Morgan fingerprint density at radius 2 is 1.87 bits per heavy atom. The van der Waals surface area contributed by atoms with Crippen molar-refractivity contribution in [1.29, 1.82) is 0 Å². The van der Waals surface area contributed by atoms with E-state index >= 15 is 0 Å². The highest BCUT2D eigenvalue weighted by Gasteiger charge is 2.29. The quantitative estimate of drug-likeness (QED) is 0.630. The summed E-state index contributed by atoms with van der Waals surface area (Å²) in [5, 5.41) is 2.82. The van der Waals surface area contributed by atoms with Gasteiger partial charge < -0.3 is 19.7 Å². The number of benzene rings is 1. The van der Waals surface area contributed by atoms with Crippen LogP contribution in [0.25, 0.3) is 0 Å². The number of nitrogens with one attached hydrogen (secondary N) is 2. The van der Waals surface area contributed by atoms with E-state index in [4.69, 9.17) is 9.47 Å². The Labute approximate surface area is 182 Å². The summed E-state index contributed by atoms with van der Waals surface area (Å²) in [5.74, 6) is 0.920. The lowest BCUT2D eigenvalue weighted by molar-refractivity contribution is -0.123. The van der Waals surface area contributed by atoms with Crippen molar-refractivity contribution in [2.24, 2.45) is 5.92 Å². The summed E-state index contributed by atoms with van der Waals surface area (Å²) in [4.78, 5) is 19.0. The number of pyridine rings is 1. The minimum absolute atomic E-state index is 0.0114. The minimum Gasteiger partial charge on any atom is -0.486 e. The number of hydrogen-bond donors (Lipinski definition) is 2. The number of rotatable bonds is 8. The van der Waals surface area contributed by atoms with Gasteiger partial charge in [-0.2, -0.15) is 4.72 Å². The normalized spacial score (nSPS) is 14.2. The first kappa shape index (κ1) is 22.8. The van der Waals surface area contributed by atoms with Crippen molar-refractivity contribution in [3.8, 4) is 11.5 Å². The van der Waals surface area contributed by atoms with E-state index in [1.807, 2.05) is 25.1 Å². The number of ether oxygens (including phenoxy) is 2. The molecule has 31 heavy (non-hydrogen) atoms. The Morgan fingerprint density at radius 3 is 2.55 bits per heavy atom. The molecule has 2 aromatic rings. The fraction of sp³-hybridized carbons (Fsp3) is 0.429. The molecule has 1 unspecified atom stereocenters.